The summed E-state index contributed by atoms with van der Waals surface area (Å²) < 4.78 is 30.8. The van der Waals surface area contributed by atoms with Gasteiger partial charge in [0.1, 0.15) is 0 Å². The highest BCUT2D eigenvalue weighted by Crippen LogP contribution is 2.17. The Balaban J connectivity index is 3.09. The molecule has 0 aliphatic rings. The molecule has 122 valence electrons. The van der Waals surface area contributed by atoms with Crippen LogP contribution < -0.4 is 4.72 Å². The summed E-state index contributed by atoms with van der Waals surface area (Å²) in [6, 6.07) is 3.81. The molecule has 0 aromatic heterocycles. The molecule has 1 unspecified atom stereocenters. The summed E-state index contributed by atoms with van der Waals surface area (Å²) >= 11 is 0. The van der Waals surface area contributed by atoms with Crippen molar-refractivity contribution >= 4 is 22.0 Å². The third kappa shape index (κ3) is 4.03. The molecule has 1 aromatic rings. The first-order valence-electron chi connectivity index (χ1n) is 6.15. The van der Waals surface area contributed by atoms with Gasteiger partial charge in [-0.05, 0) is 31.5 Å². The third-order valence-corrected chi connectivity index (χ3v) is 4.39. The highest BCUT2D eigenvalue weighted by molar-refractivity contribution is 7.89. The van der Waals surface area contributed by atoms with Crippen molar-refractivity contribution in [2.45, 2.75) is 24.3 Å². The van der Waals surface area contributed by atoms with Crippen molar-refractivity contribution in [2.75, 3.05) is 13.7 Å². The Bertz CT molecular complexity index is 694. The van der Waals surface area contributed by atoms with Crippen LogP contribution in [0, 0.1) is 6.92 Å². The molecule has 0 radical (unpaired) electrons. The molecular weight excluding hydrogens is 314 g/mol. The number of rotatable bonds is 6. The molecule has 0 amide bonds. The maximum Gasteiger partial charge on any atom is 0.338 e. The van der Waals surface area contributed by atoms with E-state index in [1.807, 2.05) is 4.72 Å². The van der Waals surface area contributed by atoms with E-state index in [9.17, 15) is 23.1 Å². The maximum atomic E-state index is 12.1. The standard InChI is InChI=1S/C13H17NO7S/c1-8-4-5-9(6-10(8)11(15)21-3)22(19,20)14-7-13(2,18)12(16)17/h4-6,14,18H,7H2,1-3H3,(H,16,17). The van der Waals surface area contributed by atoms with Crippen LogP contribution in [0.15, 0.2) is 23.1 Å². The monoisotopic (exact) mass is 331 g/mol. The fourth-order valence-electron chi connectivity index (χ4n) is 1.49. The maximum absolute atomic E-state index is 12.1. The van der Waals surface area contributed by atoms with Gasteiger partial charge in [-0.25, -0.2) is 22.7 Å². The highest BCUT2D eigenvalue weighted by atomic mass is 32.2. The second-order valence-corrected chi connectivity index (χ2v) is 6.64. The number of carboxylic acid groups (broad SMARTS) is 1. The zero-order valence-corrected chi connectivity index (χ0v) is 13.1. The van der Waals surface area contributed by atoms with E-state index in [1.54, 1.807) is 6.92 Å². The molecule has 0 saturated heterocycles. The van der Waals surface area contributed by atoms with Gasteiger partial charge < -0.3 is 14.9 Å². The average molecular weight is 331 g/mol. The van der Waals surface area contributed by atoms with Crippen molar-refractivity contribution in [3.05, 3.63) is 29.3 Å². The Labute approximate surface area is 127 Å². The molecule has 1 rings (SSSR count). The van der Waals surface area contributed by atoms with Crippen molar-refractivity contribution in [3.8, 4) is 0 Å². The first kappa shape index (κ1) is 18.1. The number of hydrogen-bond acceptors (Lipinski definition) is 6. The number of aliphatic hydroxyl groups is 1. The van der Waals surface area contributed by atoms with Gasteiger partial charge in [0.05, 0.1) is 24.1 Å². The number of benzene rings is 1. The van der Waals surface area contributed by atoms with Crippen LogP contribution in [-0.2, 0) is 19.6 Å². The zero-order chi connectivity index (χ0) is 17.1. The third-order valence-electron chi connectivity index (χ3n) is 2.99. The number of carboxylic acids is 1. The lowest BCUT2D eigenvalue weighted by Crippen LogP contribution is -2.46. The predicted octanol–water partition coefficient (Wildman–Crippen LogP) is -0.104. The summed E-state index contributed by atoms with van der Waals surface area (Å²) in [5.41, 5.74) is -1.64. The molecule has 0 bridgehead atoms. The minimum absolute atomic E-state index is 0.0790. The Morgan fingerprint density at radius 2 is 1.95 bits per heavy atom. The lowest BCUT2D eigenvalue weighted by atomic mass is 10.1. The van der Waals surface area contributed by atoms with Crippen LogP contribution in [0.5, 0.6) is 0 Å². The number of sulfonamides is 1. The van der Waals surface area contributed by atoms with Gasteiger partial charge in [0.15, 0.2) is 5.60 Å². The van der Waals surface area contributed by atoms with Crippen LogP contribution in [0.4, 0.5) is 0 Å². The van der Waals surface area contributed by atoms with Gasteiger partial charge in [-0.2, -0.15) is 0 Å². The van der Waals surface area contributed by atoms with Crippen molar-refractivity contribution in [3.63, 3.8) is 0 Å². The topological polar surface area (TPSA) is 130 Å². The minimum Gasteiger partial charge on any atom is -0.479 e. The van der Waals surface area contributed by atoms with E-state index in [0.717, 1.165) is 13.0 Å². The van der Waals surface area contributed by atoms with Gasteiger partial charge in [-0.3, -0.25) is 0 Å². The zero-order valence-electron chi connectivity index (χ0n) is 12.3. The molecule has 1 aromatic carbocycles. The smallest absolute Gasteiger partial charge is 0.338 e. The first-order chi connectivity index (χ1) is 10.0. The van der Waals surface area contributed by atoms with Crippen LogP contribution in [0.25, 0.3) is 0 Å². The highest BCUT2D eigenvalue weighted by Gasteiger charge is 2.32. The summed E-state index contributed by atoms with van der Waals surface area (Å²) in [5, 5.41) is 18.3. The molecule has 0 fully saturated rings. The largest absolute Gasteiger partial charge is 0.479 e. The van der Waals surface area contributed by atoms with Crippen molar-refractivity contribution < 1.29 is 33.0 Å². The molecular formula is C13H17NO7S. The summed E-state index contributed by atoms with van der Waals surface area (Å²) in [6.07, 6.45) is 0. The number of nitrogens with one attached hydrogen (secondary N) is 1. The number of aliphatic carboxylic acids is 1. The molecule has 0 spiro atoms. The molecule has 1 atom stereocenters. The SMILES string of the molecule is COC(=O)c1cc(S(=O)(=O)NCC(C)(O)C(=O)O)ccc1C. The number of methoxy groups -OCH3 is 1. The Morgan fingerprint density at radius 1 is 1.36 bits per heavy atom. The molecule has 22 heavy (non-hydrogen) atoms. The molecule has 0 saturated carbocycles. The van der Waals surface area contributed by atoms with Gasteiger partial charge in [0.25, 0.3) is 0 Å². The van der Waals surface area contributed by atoms with Crippen molar-refractivity contribution in [2.24, 2.45) is 0 Å². The van der Waals surface area contributed by atoms with Gasteiger partial charge in [0, 0.05) is 0 Å². The first-order valence-corrected chi connectivity index (χ1v) is 7.64. The summed E-state index contributed by atoms with van der Waals surface area (Å²) in [6.45, 7) is 1.87. The molecule has 3 N–H and O–H groups in total. The Kier molecular flexibility index (Phi) is 5.28. The second-order valence-electron chi connectivity index (χ2n) is 4.87. The van der Waals surface area contributed by atoms with Gasteiger partial charge >= 0.3 is 11.9 Å². The van der Waals surface area contributed by atoms with Crippen LogP contribution in [-0.4, -0.2) is 49.8 Å². The molecule has 0 aliphatic heterocycles. The number of carbonyl (C=O) groups is 2. The normalized spacial score (nSPS) is 14.2. The number of esters is 1. The fourth-order valence-corrected chi connectivity index (χ4v) is 2.65. The van der Waals surface area contributed by atoms with Crippen molar-refractivity contribution in [1.82, 2.24) is 4.72 Å². The lowest BCUT2D eigenvalue weighted by molar-refractivity contribution is -0.155. The summed E-state index contributed by atoms with van der Waals surface area (Å²) in [5.74, 6) is -2.25. The van der Waals surface area contributed by atoms with E-state index in [0.29, 0.717) is 5.56 Å². The Morgan fingerprint density at radius 3 is 2.45 bits per heavy atom. The van der Waals surface area contributed by atoms with Crippen LogP contribution in [0.1, 0.15) is 22.8 Å². The minimum atomic E-state index is -4.09. The summed E-state index contributed by atoms with van der Waals surface area (Å²) in [7, 11) is -2.92. The Hall–Kier alpha value is -1.97. The van der Waals surface area contributed by atoms with E-state index in [-0.39, 0.29) is 10.5 Å². The van der Waals surface area contributed by atoms with Gasteiger partial charge in [-0.1, -0.05) is 6.07 Å². The number of aryl methyl sites for hydroxylation is 1. The van der Waals surface area contributed by atoms with Crippen molar-refractivity contribution in [1.29, 1.82) is 0 Å². The average Bonchev–Trinajstić information content (AvgIpc) is 2.44. The molecule has 0 heterocycles. The van der Waals surface area contributed by atoms with E-state index in [2.05, 4.69) is 4.74 Å². The molecule has 0 aliphatic carbocycles. The van der Waals surface area contributed by atoms with Crippen LogP contribution >= 0.6 is 0 Å². The number of carbonyl (C=O) groups excluding carboxylic acids is 1. The van der Waals surface area contributed by atoms with Gasteiger partial charge in [0.2, 0.25) is 10.0 Å². The molecule has 9 heteroatoms. The quantitative estimate of drug-likeness (QED) is 0.620. The second kappa shape index (κ2) is 6.42. The number of hydrogen-bond donors (Lipinski definition) is 3. The van der Waals surface area contributed by atoms with E-state index in [1.165, 1.54) is 19.2 Å². The van der Waals surface area contributed by atoms with Crippen LogP contribution in [0.3, 0.4) is 0 Å². The summed E-state index contributed by atoms with van der Waals surface area (Å²) in [4.78, 5) is 22.1. The van der Waals surface area contributed by atoms with Crippen LogP contribution in [0.2, 0.25) is 0 Å². The fraction of sp³-hybridized carbons (Fsp3) is 0.385. The number of ether oxygens (including phenoxy) is 1. The molecule has 8 nitrogen and oxygen atoms in total. The van der Waals surface area contributed by atoms with E-state index < -0.39 is 34.1 Å². The van der Waals surface area contributed by atoms with E-state index in [4.69, 9.17) is 5.11 Å². The lowest BCUT2D eigenvalue weighted by Gasteiger charge is -2.18. The van der Waals surface area contributed by atoms with Gasteiger partial charge in [-0.15, -0.1) is 0 Å². The predicted molar refractivity (Wildman–Crippen MR) is 76.0 cm³/mol. The van der Waals surface area contributed by atoms with E-state index >= 15 is 0 Å².